The number of carbonyl (C=O) groups is 6. The summed E-state index contributed by atoms with van der Waals surface area (Å²) < 4.78 is 0. The van der Waals surface area contributed by atoms with Crippen molar-refractivity contribution in [3.63, 3.8) is 0 Å². The van der Waals surface area contributed by atoms with Crippen molar-refractivity contribution in [1.82, 2.24) is 0 Å². The maximum absolute atomic E-state index is 10.8. The lowest BCUT2D eigenvalue weighted by Crippen LogP contribution is -2.18. The van der Waals surface area contributed by atoms with E-state index >= 15 is 0 Å². The molecule has 3 atom stereocenters. The van der Waals surface area contributed by atoms with Gasteiger partial charge in [-0.3, -0.25) is 28.8 Å². The van der Waals surface area contributed by atoms with E-state index in [4.69, 9.17) is 10.2 Å². The van der Waals surface area contributed by atoms with Gasteiger partial charge in [0.05, 0.1) is 23.3 Å². The average Bonchev–Trinajstić information content (AvgIpc) is 2.95. The van der Waals surface area contributed by atoms with Crippen LogP contribution in [0.25, 0.3) is 0 Å². The second-order valence-electron chi connectivity index (χ2n) is 6.01. The zero-order valence-electron chi connectivity index (χ0n) is 18.1. The van der Waals surface area contributed by atoms with Crippen LogP contribution in [0.3, 0.4) is 0 Å². The fourth-order valence-electron chi connectivity index (χ4n) is 2.00. The van der Waals surface area contributed by atoms with Crippen molar-refractivity contribution in [2.45, 2.75) is 55.3 Å². The first-order chi connectivity index (χ1) is 13.4. The molecule has 0 aromatic heterocycles. The minimum absolute atomic E-state index is 0. The second kappa shape index (κ2) is 20.5. The van der Waals surface area contributed by atoms with Gasteiger partial charge in [0.15, 0.2) is 5.78 Å². The molecule has 0 radical (unpaired) electrons. The highest BCUT2D eigenvalue weighted by Gasteiger charge is 2.29. The predicted octanol–water partition coefficient (Wildman–Crippen LogP) is 0.564. The van der Waals surface area contributed by atoms with Gasteiger partial charge in [0.2, 0.25) is 0 Å². The molecule has 1 saturated carbocycles. The fraction of sp³-hybridized carbons (Fsp3) is 0.667. The Hall–Kier alpha value is -1.41. The zero-order valence-corrected chi connectivity index (χ0v) is 20.6. The van der Waals surface area contributed by atoms with Crippen LogP contribution in [0.5, 0.6) is 0 Å². The van der Waals surface area contributed by atoms with Crippen LogP contribution in [0.15, 0.2) is 0 Å². The van der Waals surface area contributed by atoms with Gasteiger partial charge in [-0.05, 0) is 32.6 Å². The molecular weight excluding hydrogens is 472 g/mol. The van der Waals surface area contributed by atoms with E-state index in [1.807, 2.05) is 6.26 Å². The van der Waals surface area contributed by atoms with E-state index in [0.717, 1.165) is 0 Å². The Labute approximate surface area is 194 Å². The number of carbonyl (C=O) groups excluding carboxylic acids is 4. The van der Waals surface area contributed by atoms with E-state index in [9.17, 15) is 28.8 Å². The van der Waals surface area contributed by atoms with Gasteiger partial charge in [0, 0.05) is 12.8 Å². The van der Waals surface area contributed by atoms with Crippen molar-refractivity contribution in [1.29, 1.82) is 0 Å². The Kier molecular flexibility index (Phi) is 24.4. The Morgan fingerprint density at radius 2 is 1.42 bits per heavy atom. The highest BCUT2D eigenvalue weighted by molar-refractivity contribution is 8.00. The fourth-order valence-corrected chi connectivity index (χ4v) is 3.94. The van der Waals surface area contributed by atoms with Crippen molar-refractivity contribution in [2.75, 3.05) is 18.8 Å². The van der Waals surface area contributed by atoms with Crippen LogP contribution < -0.4 is 0 Å². The maximum Gasteiger partial charge on any atom is 0.317 e. The highest BCUT2D eigenvalue weighted by atomic mass is 32.2. The minimum Gasteiger partial charge on any atom is -0.481 e. The third-order valence-electron chi connectivity index (χ3n) is 3.56. The number of aliphatic carboxylic acids is 2. The molecule has 13 heteroatoms. The van der Waals surface area contributed by atoms with Crippen LogP contribution in [0.2, 0.25) is 0 Å². The van der Waals surface area contributed by atoms with Gasteiger partial charge in [-0.25, -0.2) is 0 Å². The van der Waals surface area contributed by atoms with Crippen LogP contribution in [-0.2, 0) is 28.8 Å². The molecule has 0 spiro atoms. The maximum atomic E-state index is 10.8. The van der Waals surface area contributed by atoms with E-state index in [-0.39, 0.29) is 63.8 Å². The van der Waals surface area contributed by atoms with Gasteiger partial charge in [-0.15, -0.1) is 11.8 Å². The summed E-state index contributed by atoms with van der Waals surface area (Å²) in [6, 6.07) is 0. The van der Waals surface area contributed by atoms with E-state index in [1.54, 1.807) is 12.5 Å². The van der Waals surface area contributed by atoms with E-state index in [1.165, 1.54) is 49.1 Å². The monoisotopic (exact) mass is 504 g/mol. The summed E-state index contributed by atoms with van der Waals surface area (Å²) in [4.78, 5) is 62.8. The summed E-state index contributed by atoms with van der Waals surface area (Å²) >= 11 is 3.94. The lowest BCUT2D eigenvalue weighted by atomic mass is 10.2. The quantitative estimate of drug-likeness (QED) is 0.415. The van der Waals surface area contributed by atoms with Gasteiger partial charge in [0.25, 0.3) is 0 Å². The Bertz CT molecular complexity index is 575. The molecule has 0 aromatic carbocycles. The van der Waals surface area contributed by atoms with Crippen LogP contribution >= 0.6 is 35.3 Å². The summed E-state index contributed by atoms with van der Waals surface area (Å²) in [6.07, 6.45) is 5.95. The number of carboxylic acids is 2. The van der Waals surface area contributed by atoms with Gasteiger partial charge in [-0.2, -0.15) is 23.5 Å². The van der Waals surface area contributed by atoms with Crippen molar-refractivity contribution >= 4 is 70.4 Å². The van der Waals surface area contributed by atoms with Crippen LogP contribution in [0.1, 0.15) is 39.5 Å². The third kappa shape index (κ3) is 19.0. The van der Waals surface area contributed by atoms with Crippen molar-refractivity contribution in [2.24, 2.45) is 0 Å². The number of hydrogen-bond acceptors (Lipinski definition) is 9. The average molecular weight is 505 g/mol. The molecule has 182 valence electrons. The molecule has 0 saturated heterocycles. The lowest BCUT2D eigenvalue weighted by Gasteiger charge is -2.05. The highest BCUT2D eigenvalue weighted by Crippen LogP contribution is 2.21. The van der Waals surface area contributed by atoms with Crippen molar-refractivity contribution in [3.05, 3.63) is 0 Å². The van der Waals surface area contributed by atoms with Gasteiger partial charge < -0.3 is 21.2 Å². The normalized spacial score (nSPS) is 16.1. The summed E-state index contributed by atoms with van der Waals surface area (Å²) in [5, 5.41) is 15.8. The molecule has 0 bridgehead atoms. The number of ketones is 4. The van der Waals surface area contributed by atoms with Crippen molar-refractivity contribution < 1.29 is 49.9 Å². The van der Waals surface area contributed by atoms with Gasteiger partial charge in [-0.1, -0.05) is 0 Å². The standard InChI is InChI=1S/2C6H10O3S.C6H8O2S.2H2O/c1-4(7)5(10-2)3-6(8)9;1-4(7)3-5(10-2)6(8)9;1-9-6-3-4(7)2-5(6)8;;/h2*5H,3H2,1-2H3,(H,8,9);6H,2-3H2,1H3;2*1H2. The topological polar surface area (TPSA) is 206 Å². The molecule has 0 aromatic rings. The number of hydrogen-bond donors (Lipinski definition) is 2. The third-order valence-corrected chi connectivity index (χ3v) is 6.56. The van der Waals surface area contributed by atoms with Crippen LogP contribution in [0.4, 0.5) is 0 Å². The van der Waals surface area contributed by atoms with E-state index in [2.05, 4.69) is 0 Å². The molecule has 1 aliphatic carbocycles. The van der Waals surface area contributed by atoms with Crippen LogP contribution in [0, 0.1) is 0 Å². The minimum atomic E-state index is -0.922. The lowest BCUT2D eigenvalue weighted by molar-refractivity contribution is -0.138. The number of Topliss-reactive ketones (excluding diaryl/α,β-unsaturated/α-hetero) is 4. The Balaban J connectivity index is -0.000000171. The molecule has 1 aliphatic rings. The zero-order chi connectivity index (χ0) is 23.1. The largest absolute Gasteiger partial charge is 0.481 e. The van der Waals surface area contributed by atoms with E-state index in [0.29, 0.717) is 6.42 Å². The molecular formula is C18H32O10S3. The molecule has 6 N–H and O–H groups in total. The Morgan fingerprint density at radius 1 is 0.935 bits per heavy atom. The molecule has 31 heavy (non-hydrogen) atoms. The molecule has 1 rings (SSSR count). The smallest absolute Gasteiger partial charge is 0.317 e. The number of thioether (sulfide) groups is 3. The SMILES string of the molecule is CSC(CC(=O)O)C(C)=O.CSC(CC(C)=O)C(=O)O.CSC1CC(=O)CC1=O.O.O. The second-order valence-corrected chi connectivity index (χ2v) is 9.13. The van der Waals surface area contributed by atoms with Crippen molar-refractivity contribution in [3.8, 4) is 0 Å². The summed E-state index contributed by atoms with van der Waals surface area (Å²) in [6.45, 7) is 2.80. The van der Waals surface area contributed by atoms with E-state index < -0.39 is 17.2 Å². The summed E-state index contributed by atoms with van der Waals surface area (Å²) in [5.41, 5.74) is 0. The van der Waals surface area contributed by atoms with Crippen LogP contribution in [-0.4, -0.2) is 90.8 Å². The Morgan fingerprint density at radius 3 is 1.55 bits per heavy atom. The first kappa shape index (κ1) is 36.9. The molecule has 3 unspecified atom stereocenters. The van der Waals surface area contributed by atoms with Gasteiger partial charge in [0.1, 0.15) is 22.6 Å². The first-order valence-electron chi connectivity index (χ1n) is 8.46. The molecule has 10 nitrogen and oxygen atoms in total. The first-order valence-corrected chi connectivity index (χ1v) is 12.3. The van der Waals surface area contributed by atoms with Gasteiger partial charge >= 0.3 is 11.9 Å². The number of rotatable bonds is 9. The summed E-state index contributed by atoms with van der Waals surface area (Å²) in [5.74, 6) is -1.79. The number of carboxylic acid groups (broad SMARTS) is 2. The molecule has 0 amide bonds. The predicted molar refractivity (Wildman–Crippen MR) is 124 cm³/mol. The molecule has 1 fully saturated rings. The summed E-state index contributed by atoms with van der Waals surface area (Å²) in [7, 11) is 0. The molecule has 0 aliphatic heterocycles. The molecule has 0 heterocycles.